The van der Waals surface area contributed by atoms with Crippen molar-refractivity contribution in [3.8, 4) is 5.75 Å². The van der Waals surface area contributed by atoms with E-state index >= 15 is 0 Å². The van der Waals surface area contributed by atoms with E-state index < -0.39 is 0 Å². The molecule has 0 aliphatic carbocycles. The summed E-state index contributed by atoms with van der Waals surface area (Å²) in [5.74, 6) is 0.852. The first-order chi connectivity index (χ1) is 6.27. The molecular formula is C10H10NOS. The number of ether oxygens (including phenoxy) is 1. The highest BCUT2D eigenvalue weighted by Crippen LogP contribution is 2.27. The smallest absolute Gasteiger partial charge is 0.153 e. The van der Waals surface area contributed by atoms with Crippen LogP contribution in [0.25, 0.3) is 10.2 Å². The van der Waals surface area contributed by atoms with Crippen LogP contribution in [0.15, 0.2) is 18.2 Å². The molecule has 0 amide bonds. The van der Waals surface area contributed by atoms with Crippen LogP contribution in [0.2, 0.25) is 0 Å². The lowest BCUT2D eigenvalue weighted by Crippen LogP contribution is -2.05. The van der Waals surface area contributed by atoms with Gasteiger partial charge in [0.1, 0.15) is 11.3 Å². The van der Waals surface area contributed by atoms with E-state index in [0.29, 0.717) is 0 Å². The van der Waals surface area contributed by atoms with Gasteiger partial charge in [-0.1, -0.05) is 6.07 Å². The van der Waals surface area contributed by atoms with Crippen LogP contribution in [0.5, 0.6) is 5.75 Å². The number of thiazole rings is 1. The average molecular weight is 192 g/mol. The standard InChI is InChI=1S/C10H10NOS/c1-7(2)12-8-4-3-5-9-10(8)11-6-13-9/h3-5,7H,1-2H3. The van der Waals surface area contributed by atoms with Crippen LogP contribution in [-0.4, -0.2) is 11.1 Å². The summed E-state index contributed by atoms with van der Waals surface area (Å²) in [6, 6.07) is 5.94. The summed E-state index contributed by atoms with van der Waals surface area (Å²) in [5, 5.41) is 0. The molecule has 0 unspecified atom stereocenters. The molecule has 0 spiro atoms. The molecule has 1 radical (unpaired) electrons. The Morgan fingerprint density at radius 2 is 2.31 bits per heavy atom. The van der Waals surface area contributed by atoms with Crippen molar-refractivity contribution in [2.24, 2.45) is 0 Å². The second-order valence-corrected chi connectivity index (χ2v) is 3.90. The van der Waals surface area contributed by atoms with Gasteiger partial charge in [0.2, 0.25) is 0 Å². The Morgan fingerprint density at radius 3 is 3.08 bits per heavy atom. The number of hydrogen-bond acceptors (Lipinski definition) is 3. The van der Waals surface area contributed by atoms with Crippen molar-refractivity contribution < 1.29 is 4.74 Å². The molecule has 1 aromatic carbocycles. The Kier molecular flexibility index (Phi) is 2.19. The van der Waals surface area contributed by atoms with E-state index in [1.54, 1.807) is 0 Å². The van der Waals surface area contributed by atoms with Crippen molar-refractivity contribution in [1.82, 2.24) is 4.98 Å². The van der Waals surface area contributed by atoms with E-state index in [4.69, 9.17) is 4.74 Å². The summed E-state index contributed by atoms with van der Waals surface area (Å²) in [4.78, 5) is 4.14. The summed E-state index contributed by atoms with van der Waals surface area (Å²) in [6.45, 7) is 4.02. The second-order valence-electron chi connectivity index (χ2n) is 3.07. The molecule has 0 atom stereocenters. The van der Waals surface area contributed by atoms with Crippen LogP contribution in [0.3, 0.4) is 0 Å². The topological polar surface area (TPSA) is 22.1 Å². The molecule has 2 rings (SSSR count). The lowest BCUT2D eigenvalue weighted by Gasteiger charge is -2.09. The van der Waals surface area contributed by atoms with Gasteiger partial charge in [-0.15, -0.1) is 11.3 Å². The van der Waals surface area contributed by atoms with E-state index in [9.17, 15) is 0 Å². The van der Waals surface area contributed by atoms with E-state index in [1.807, 2.05) is 32.0 Å². The molecular weight excluding hydrogens is 182 g/mol. The number of para-hydroxylation sites is 1. The van der Waals surface area contributed by atoms with Crippen LogP contribution in [0.4, 0.5) is 0 Å². The lowest BCUT2D eigenvalue weighted by molar-refractivity contribution is 0.245. The molecule has 1 heterocycles. The summed E-state index contributed by atoms with van der Waals surface area (Å²) in [6.07, 6.45) is 0.187. The molecule has 1 aromatic heterocycles. The van der Waals surface area contributed by atoms with Crippen molar-refractivity contribution in [1.29, 1.82) is 0 Å². The number of benzene rings is 1. The quantitative estimate of drug-likeness (QED) is 0.730. The highest BCUT2D eigenvalue weighted by atomic mass is 32.1. The first kappa shape index (κ1) is 8.51. The largest absolute Gasteiger partial charge is 0.489 e. The minimum atomic E-state index is 0.187. The van der Waals surface area contributed by atoms with E-state index in [0.717, 1.165) is 16.0 Å². The molecule has 0 saturated heterocycles. The molecule has 0 aliphatic heterocycles. The monoisotopic (exact) mass is 192 g/mol. The van der Waals surface area contributed by atoms with Crippen LogP contribution >= 0.6 is 11.3 Å². The van der Waals surface area contributed by atoms with E-state index in [2.05, 4.69) is 10.5 Å². The van der Waals surface area contributed by atoms with Gasteiger partial charge < -0.3 is 4.74 Å². The average Bonchev–Trinajstić information content (AvgIpc) is 2.51. The zero-order valence-corrected chi connectivity index (χ0v) is 8.39. The van der Waals surface area contributed by atoms with Crippen molar-refractivity contribution in [2.45, 2.75) is 20.0 Å². The highest BCUT2D eigenvalue weighted by molar-refractivity contribution is 7.16. The summed E-state index contributed by atoms with van der Waals surface area (Å²) < 4.78 is 6.73. The Hall–Kier alpha value is -1.09. The highest BCUT2D eigenvalue weighted by Gasteiger charge is 2.05. The first-order valence-corrected chi connectivity index (χ1v) is 5.01. The van der Waals surface area contributed by atoms with E-state index in [1.165, 1.54) is 11.3 Å². The number of fused-ring (bicyclic) bond motifs is 1. The van der Waals surface area contributed by atoms with Gasteiger partial charge in [-0.2, -0.15) is 0 Å². The first-order valence-electron chi connectivity index (χ1n) is 4.19. The minimum absolute atomic E-state index is 0.187. The summed E-state index contributed by atoms with van der Waals surface area (Å²) in [7, 11) is 0. The molecule has 0 N–H and O–H groups in total. The van der Waals surface area contributed by atoms with Gasteiger partial charge in [-0.3, -0.25) is 0 Å². The second kappa shape index (κ2) is 3.34. The van der Waals surface area contributed by atoms with Gasteiger partial charge >= 0.3 is 0 Å². The normalized spacial score (nSPS) is 11.0. The zero-order valence-electron chi connectivity index (χ0n) is 7.57. The third-order valence-electron chi connectivity index (χ3n) is 1.64. The van der Waals surface area contributed by atoms with Crippen molar-refractivity contribution in [3.63, 3.8) is 0 Å². The fourth-order valence-electron chi connectivity index (χ4n) is 1.16. The molecule has 0 saturated carbocycles. The Labute approximate surface area is 81.2 Å². The molecule has 2 aromatic rings. The maximum Gasteiger partial charge on any atom is 0.153 e. The summed E-state index contributed by atoms with van der Waals surface area (Å²) >= 11 is 1.51. The molecule has 3 heteroatoms. The lowest BCUT2D eigenvalue weighted by atomic mass is 10.3. The molecule has 13 heavy (non-hydrogen) atoms. The summed E-state index contributed by atoms with van der Waals surface area (Å²) in [5.41, 5.74) is 3.78. The Morgan fingerprint density at radius 1 is 1.46 bits per heavy atom. The minimum Gasteiger partial charge on any atom is -0.489 e. The number of hydrogen-bond donors (Lipinski definition) is 0. The van der Waals surface area contributed by atoms with Crippen LogP contribution < -0.4 is 4.74 Å². The fraction of sp³-hybridized carbons (Fsp3) is 0.300. The predicted octanol–water partition coefficient (Wildman–Crippen LogP) is 2.88. The zero-order chi connectivity index (χ0) is 9.26. The van der Waals surface area contributed by atoms with Gasteiger partial charge in [0, 0.05) is 0 Å². The van der Waals surface area contributed by atoms with Gasteiger partial charge in [-0.25, -0.2) is 4.98 Å². The molecule has 0 fully saturated rings. The molecule has 2 nitrogen and oxygen atoms in total. The van der Waals surface area contributed by atoms with Gasteiger partial charge in [0.25, 0.3) is 0 Å². The molecule has 0 aliphatic rings. The van der Waals surface area contributed by atoms with Crippen LogP contribution in [0.1, 0.15) is 13.8 Å². The Bertz CT molecular complexity index is 408. The van der Waals surface area contributed by atoms with Crippen LogP contribution in [0, 0.1) is 5.51 Å². The van der Waals surface area contributed by atoms with E-state index in [-0.39, 0.29) is 6.10 Å². The number of rotatable bonds is 2. The number of nitrogens with zero attached hydrogens (tertiary/aromatic N) is 1. The third kappa shape index (κ3) is 1.65. The van der Waals surface area contributed by atoms with Gasteiger partial charge in [0.15, 0.2) is 5.51 Å². The van der Waals surface area contributed by atoms with Crippen LogP contribution in [-0.2, 0) is 0 Å². The third-order valence-corrected chi connectivity index (χ3v) is 2.37. The molecule has 0 bridgehead atoms. The maximum absolute atomic E-state index is 5.61. The van der Waals surface area contributed by atoms with Gasteiger partial charge in [0.05, 0.1) is 10.8 Å². The number of aromatic nitrogens is 1. The SMILES string of the molecule is CC(C)Oc1cccc2s[c]nc12. The predicted molar refractivity (Wildman–Crippen MR) is 54.2 cm³/mol. The molecule has 67 valence electrons. The van der Waals surface area contributed by atoms with Gasteiger partial charge in [-0.05, 0) is 26.0 Å². The Balaban J connectivity index is 2.48. The van der Waals surface area contributed by atoms with Crippen molar-refractivity contribution in [2.75, 3.05) is 0 Å². The van der Waals surface area contributed by atoms with Crippen molar-refractivity contribution in [3.05, 3.63) is 23.7 Å². The maximum atomic E-state index is 5.61. The fourth-order valence-corrected chi connectivity index (χ4v) is 1.79. The van der Waals surface area contributed by atoms with Crippen molar-refractivity contribution >= 4 is 21.6 Å².